The molecule has 0 radical (unpaired) electrons. The molecule has 9 heavy (non-hydrogen) atoms. The van der Waals surface area contributed by atoms with E-state index >= 15 is 0 Å². The molecule has 0 saturated heterocycles. The van der Waals surface area contributed by atoms with Crippen LogP contribution in [0.4, 0.5) is 8.78 Å². The molecule has 0 saturated carbocycles. The van der Waals surface area contributed by atoms with Crippen LogP contribution >= 0.6 is 0 Å². The maximum Gasteiger partial charge on any atom is 0.125 e. The normalized spacial score (nSPS) is 27.2. The molecule has 0 aromatic carbocycles. The maximum absolute atomic E-state index is 12.3. The first-order valence-corrected chi connectivity index (χ1v) is 2.87. The van der Waals surface area contributed by atoms with Crippen LogP contribution in [-0.4, -0.2) is 6.17 Å². The van der Waals surface area contributed by atoms with Crippen LogP contribution in [0.3, 0.4) is 0 Å². The fourth-order valence-corrected chi connectivity index (χ4v) is 0.882. The van der Waals surface area contributed by atoms with Crippen LogP contribution in [-0.2, 0) is 0 Å². The molecule has 0 N–H and O–H groups in total. The Hall–Kier alpha value is -0.660. The average Bonchev–Trinajstić information content (AvgIpc) is 1.59. The Bertz CT molecular complexity index is 168. The van der Waals surface area contributed by atoms with Crippen LogP contribution < -0.4 is 0 Å². The molecule has 1 aliphatic rings. The highest BCUT2D eigenvalue weighted by atomic mass is 19.1. The first-order valence-electron chi connectivity index (χ1n) is 2.87. The van der Waals surface area contributed by atoms with Gasteiger partial charge in [-0.2, -0.15) is 0 Å². The van der Waals surface area contributed by atoms with Crippen molar-refractivity contribution in [1.82, 2.24) is 0 Å². The van der Waals surface area contributed by atoms with Crippen molar-refractivity contribution in [1.29, 1.82) is 0 Å². The summed E-state index contributed by atoms with van der Waals surface area (Å²) in [7, 11) is 0. The van der Waals surface area contributed by atoms with Crippen molar-refractivity contribution in [3.8, 4) is 0 Å². The Morgan fingerprint density at radius 1 is 1.67 bits per heavy atom. The van der Waals surface area contributed by atoms with E-state index in [4.69, 9.17) is 0 Å². The summed E-state index contributed by atoms with van der Waals surface area (Å²) in [6.45, 7) is 1.72. The van der Waals surface area contributed by atoms with E-state index in [1.165, 1.54) is 6.08 Å². The smallest absolute Gasteiger partial charge is 0.125 e. The number of rotatable bonds is 0. The summed E-state index contributed by atoms with van der Waals surface area (Å²) in [5.74, 6) is -0.453. The lowest BCUT2D eigenvalue weighted by Crippen LogP contribution is -2.00. The minimum absolute atomic E-state index is 0.341. The van der Waals surface area contributed by atoms with Gasteiger partial charge in [-0.1, -0.05) is 5.57 Å². The molecule has 1 rings (SSSR count). The summed E-state index contributed by atoms with van der Waals surface area (Å²) >= 11 is 0. The van der Waals surface area contributed by atoms with Gasteiger partial charge in [0.25, 0.3) is 0 Å². The molecule has 2 heteroatoms. The van der Waals surface area contributed by atoms with E-state index in [0.29, 0.717) is 6.42 Å². The van der Waals surface area contributed by atoms with Crippen molar-refractivity contribution in [2.24, 2.45) is 0 Å². The zero-order valence-electron chi connectivity index (χ0n) is 5.20. The quantitative estimate of drug-likeness (QED) is 0.472. The van der Waals surface area contributed by atoms with E-state index in [-0.39, 0.29) is 0 Å². The van der Waals surface area contributed by atoms with E-state index < -0.39 is 12.0 Å². The molecule has 1 aliphatic carbocycles. The molecule has 0 spiro atoms. The van der Waals surface area contributed by atoms with Crippen molar-refractivity contribution in [3.05, 3.63) is 23.6 Å². The fourth-order valence-electron chi connectivity index (χ4n) is 0.882. The van der Waals surface area contributed by atoms with Gasteiger partial charge in [0.2, 0.25) is 0 Å². The zero-order chi connectivity index (χ0) is 6.85. The Morgan fingerprint density at radius 2 is 2.33 bits per heavy atom. The molecule has 0 fully saturated rings. The van der Waals surface area contributed by atoms with Gasteiger partial charge in [0.15, 0.2) is 0 Å². The number of alkyl halides is 1. The van der Waals surface area contributed by atoms with Gasteiger partial charge >= 0.3 is 0 Å². The summed E-state index contributed by atoms with van der Waals surface area (Å²) in [5.41, 5.74) is 0.766. The predicted octanol–water partition coefficient (Wildman–Crippen LogP) is 2.53. The summed E-state index contributed by atoms with van der Waals surface area (Å²) in [5, 5.41) is 0. The molecule has 0 unspecified atom stereocenters. The summed E-state index contributed by atoms with van der Waals surface area (Å²) in [6, 6.07) is 0. The largest absolute Gasteiger partial charge is 0.242 e. The molecular formula is C7H8F2. The molecule has 0 heterocycles. The molecule has 1 atom stereocenters. The van der Waals surface area contributed by atoms with E-state index in [1.807, 2.05) is 0 Å². The van der Waals surface area contributed by atoms with Crippen LogP contribution in [0.5, 0.6) is 0 Å². The second kappa shape index (κ2) is 2.29. The van der Waals surface area contributed by atoms with E-state index in [1.54, 1.807) is 6.92 Å². The van der Waals surface area contributed by atoms with Crippen molar-refractivity contribution in [2.75, 3.05) is 0 Å². The van der Waals surface area contributed by atoms with E-state index in [0.717, 1.165) is 11.6 Å². The van der Waals surface area contributed by atoms with Crippen LogP contribution in [0.25, 0.3) is 0 Å². The highest BCUT2D eigenvalue weighted by molar-refractivity contribution is 5.23. The minimum atomic E-state index is -1.12. The SMILES string of the molecule is CC1=CC(F)=C[C@H](F)C1. The highest BCUT2D eigenvalue weighted by Gasteiger charge is 2.10. The van der Waals surface area contributed by atoms with Gasteiger partial charge in [0.05, 0.1) is 0 Å². The number of allylic oxidation sites excluding steroid dienone is 4. The van der Waals surface area contributed by atoms with E-state index in [9.17, 15) is 8.78 Å². The molecule has 0 aromatic heterocycles. The lowest BCUT2D eigenvalue weighted by molar-refractivity contribution is 0.386. The number of halogens is 2. The fraction of sp³-hybridized carbons (Fsp3) is 0.429. The first-order chi connectivity index (χ1) is 4.18. The third-order valence-electron chi connectivity index (χ3n) is 1.24. The summed E-state index contributed by atoms with van der Waals surface area (Å²) < 4.78 is 24.6. The standard InChI is InChI=1S/C7H8F2/c1-5-2-6(8)4-7(9)3-5/h2,4,7H,3H2,1H3/t7-/m1/s1. The van der Waals surface area contributed by atoms with Crippen LogP contribution in [0, 0.1) is 0 Å². The van der Waals surface area contributed by atoms with Crippen molar-refractivity contribution < 1.29 is 8.78 Å². The topological polar surface area (TPSA) is 0 Å². The lowest BCUT2D eigenvalue weighted by atomic mass is 10.1. The van der Waals surface area contributed by atoms with Gasteiger partial charge in [-0.15, -0.1) is 0 Å². The molecule has 0 amide bonds. The third kappa shape index (κ3) is 1.63. The Kier molecular flexibility index (Phi) is 1.65. The Labute approximate surface area is 52.9 Å². The Morgan fingerprint density at radius 3 is 2.78 bits per heavy atom. The molecule has 0 bridgehead atoms. The van der Waals surface area contributed by atoms with Gasteiger partial charge in [0, 0.05) is 6.42 Å². The number of hydrogen-bond donors (Lipinski definition) is 0. The highest BCUT2D eigenvalue weighted by Crippen LogP contribution is 2.19. The second-order valence-electron chi connectivity index (χ2n) is 2.26. The summed E-state index contributed by atoms with van der Waals surface area (Å²) in [4.78, 5) is 0. The third-order valence-corrected chi connectivity index (χ3v) is 1.24. The van der Waals surface area contributed by atoms with Crippen molar-refractivity contribution >= 4 is 0 Å². The molecular weight excluding hydrogens is 122 g/mol. The average molecular weight is 130 g/mol. The molecule has 0 aromatic rings. The zero-order valence-corrected chi connectivity index (χ0v) is 5.20. The summed E-state index contributed by atoms with van der Waals surface area (Å²) in [6.07, 6.45) is 1.58. The van der Waals surface area contributed by atoms with Crippen LogP contribution in [0.2, 0.25) is 0 Å². The lowest BCUT2D eigenvalue weighted by Gasteiger charge is -2.07. The van der Waals surface area contributed by atoms with Crippen LogP contribution in [0.15, 0.2) is 23.6 Å². The second-order valence-corrected chi connectivity index (χ2v) is 2.26. The Balaban J connectivity index is 2.74. The van der Waals surface area contributed by atoms with Gasteiger partial charge in [-0.25, -0.2) is 8.78 Å². The van der Waals surface area contributed by atoms with Gasteiger partial charge < -0.3 is 0 Å². The van der Waals surface area contributed by atoms with Crippen molar-refractivity contribution in [3.63, 3.8) is 0 Å². The van der Waals surface area contributed by atoms with Gasteiger partial charge in [-0.05, 0) is 19.1 Å². The van der Waals surface area contributed by atoms with Gasteiger partial charge in [0.1, 0.15) is 12.0 Å². The van der Waals surface area contributed by atoms with E-state index in [2.05, 4.69) is 0 Å². The van der Waals surface area contributed by atoms with Crippen LogP contribution in [0.1, 0.15) is 13.3 Å². The predicted molar refractivity (Wildman–Crippen MR) is 32.5 cm³/mol. The monoisotopic (exact) mass is 130 g/mol. The first kappa shape index (κ1) is 6.46. The molecule has 0 nitrogen and oxygen atoms in total. The molecule has 50 valence electrons. The maximum atomic E-state index is 12.3. The number of hydrogen-bond acceptors (Lipinski definition) is 0. The minimum Gasteiger partial charge on any atom is -0.242 e. The molecule has 0 aliphatic heterocycles. The van der Waals surface area contributed by atoms with Gasteiger partial charge in [-0.3, -0.25) is 0 Å². The van der Waals surface area contributed by atoms with Crippen molar-refractivity contribution in [2.45, 2.75) is 19.5 Å².